The van der Waals surface area contributed by atoms with Crippen molar-refractivity contribution in [3.8, 4) is 0 Å². The van der Waals surface area contributed by atoms with E-state index in [-0.39, 0.29) is 36.2 Å². The van der Waals surface area contributed by atoms with E-state index < -0.39 is 0 Å². The van der Waals surface area contributed by atoms with Crippen LogP contribution in [0.1, 0.15) is 31.2 Å². The summed E-state index contributed by atoms with van der Waals surface area (Å²) in [5.41, 5.74) is 1.84. The van der Waals surface area contributed by atoms with Crippen molar-refractivity contribution in [2.75, 3.05) is 39.9 Å². The second-order valence-electron chi connectivity index (χ2n) is 7.97. The highest BCUT2D eigenvalue weighted by molar-refractivity contribution is 14.0. The van der Waals surface area contributed by atoms with Gasteiger partial charge in [0, 0.05) is 33.3 Å². The maximum atomic E-state index is 5.97. The van der Waals surface area contributed by atoms with Crippen molar-refractivity contribution in [2.45, 2.75) is 44.3 Å². The first-order valence-electron chi connectivity index (χ1n) is 10.0. The second kappa shape index (κ2) is 9.56. The number of hydrogen-bond acceptors (Lipinski definition) is 3. The Bertz CT molecular complexity index is 615. The number of ether oxygens (including phenoxy) is 2. The van der Waals surface area contributed by atoms with E-state index in [4.69, 9.17) is 9.47 Å². The van der Waals surface area contributed by atoms with Crippen molar-refractivity contribution in [1.82, 2.24) is 10.2 Å². The van der Waals surface area contributed by atoms with E-state index in [9.17, 15) is 0 Å². The summed E-state index contributed by atoms with van der Waals surface area (Å²) in [6.07, 6.45) is 6.44. The van der Waals surface area contributed by atoms with Crippen LogP contribution < -0.4 is 5.32 Å². The van der Waals surface area contributed by atoms with E-state index in [0.717, 1.165) is 58.1 Å². The molecule has 3 fully saturated rings. The molecular weight excluding hydrogens is 453 g/mol. The molecule has 2 atom stereocenters. The average molecular weight is 485 g/mol. The smallest absolute Gasteiger partial charge is 0.193 e. The summed E-state index contributed by atoms with van der Waals surface area (Å²) in [5.74, 6) is 1.01. The van der Waals surface area contributed by atoms with Gasteiger partial charge in [-0.3, -0.25) is 4.99 Å². The summed E-state index contributed by atoms with van der Waals surface area (Å²) in [5, 5.41) is 3.65. The third-order valence-electron chi connectivity index (χ3n) is 5.98. The van der Waals surface area contributed by atoms with Crippen LogP contribution in [0.5, 0.6) is 0 Å². The normalized spacial score (nSPS) is 27.1. The fraction of sp³-hybridized carbons (Fsp3) is 0.667. The Morgan fingerprint density at radius 3 is 2.63 bits per heavy atom. The number of nitrogens with zero attached hydrogens (tertiary/aromatic N) is 2. The third kappa shape index (κ3) is 5.35. The molecule has 0 amide bonds. The van der Waals surface area contributed by atoms with Gasteiger partial charge in [0.2, 0.25) is 0 Å². The molecule has 0 radical (unpaired) electrons. The zero-order valence-electron chi connectivity index (χ0n) is 16.2. The standard InChI is InChI=1S/C21H31N3O2.HI/c1-22-20(24-11-13-26-19(15-24)18-8-5-12-25-18)23-16-21(9-10-21)14-17-6-3-2-4-7-17;/h2-4,6-7,18-19H,5,8-16H2,1H3,(H,22,23);1H. The maximum Gasteiger partial charge on any atom is 0.193 e. The number of aliphatic imine (C=N–C) groups is 1. The zero-order chi connectivity index (χ0) is 17.8. The molecule has 0 spiro atoms. The predicted molar refractivity (Wildman–Crippen MR) is 119 cm³/mol. The van der Waals surface area contributed by atoms with Crippen LogP contribution in [-0.2, 0) is 15.9 Å². The van der Waals surface area contributed by atoms with E-state index in [1.165, 1.54) is 18.4 Å². The molecule has 2 aliphatic heterocycles. The molecule has 1 N–H and O–H groups in total. The van der Waals surface area contributed by atoms with Crippen molar-refractivity contribution >= 4 is 29.9 Å². The van der Waals surface area contributed by atoms with Crippen LogP contribution in [0.3, 0.4) is 0 Å². The molecule has 150 valence electrons. The third-order valence-corrected chi connectivity index (χ3v) is 5.98. The Hall–Kier alpha value is -0.860. The minimum absolute atomic E-state index is 0. The van der Waals surface area contributed by atoms with Gasteiger partial charge < -0.3 is 19.7 Å². The lowest BCUT2D eigenvalue weighted by Gasteiger charge is -2.37. The Kier molecular flexibility index (Phi) is 7.39. The number of nitrogens with one attached hydrogen (secondary N) is 1. The van der Waals surface area contributed by atoms with Crippen molar-refractivity contribution < 1.29 is 9.47 Å². The van der Waals surface area contributed by atoms with E-state index in [1.54, 1.807) is 0 Å². The average Bonchev–Trinajstić information content (AvgIpc) is 3.21. The molecule has 1 saturated carbocycles. The first kappa shape index (κ1) is 20.9. The molecule has 5 nitrogen and oxygen atoms in total. The minimum Gasteiger partial charge on any atom is -0.375 e. The van der Waals surface area contributed by atoms with Gasteiger partial charge in [-0.2, -0.15) is 0 Å². The number of morpholine rings is 1. The van der Waals surface area contributed by atoms with Crippen LogP contribution in [0.2, 0.25) is 0 Å². The first-order valence-corrected chi connectivity index (χ1v) is 10.0. The highest BCUT2D eigenvalue weighted by atomic mass is 127. The molecule has 3 aliphatic rings. The predicted octanol–water partition coefficient (Wildman–Crippen LogP) is 3.08. The molecule has 0 bridgehead atoms. The van der Waals surface area contributed by atoms with E-state index in [0.29, 0.717) is 5.41 Å². The Labute approximate surface area is 179 Å². The van der Waals surface area contributed by atoms with Gasteiger partial charge in [-0.15, -0.1) is 24.0 Å². The van der Waals surface area contributed by atoms with Crippen LogP contribution in [0.15, 0.2) is 35.3 Å². The quantitative estimate of drug-likeness (QED) is 0.396. The number of halogens is 1. The highest BCUT2D eigenvalue weighted by Gasteiger charge is 2.42. The van der Waals surface area contributed by atoms with Crippen molar-refractivity contribution in [1.29, 1.82) is 0 Å². The molecule has 1 aliphatic carbocycles. The van der Waals surface area contributed by atoms with Gasteiger partial charge in [0.15, 0.2) is 5.96 Å². The highest BCUT2D eigenvalue weighted by Crippen LogP contribution is 2.47. The maximum absolute atomic E-state index is 5.97. The zero-order valence-corrected chi connectivity index (χ0v) is 18.6. The van der Waals surface area contributed by atoms with Gasteiger partial charge in [-0.25, -0.2) is 0 Å². The number of guanidine groups is 1. The second-order valence-corrected chi connectivity index (χ2v) is 7.97. The Morgan fingerprint density at radius 2 is 1.96 bits per heavy atom. The fourth-order valence-corrected chi connectivity index (χ4v) is 4.21. The van der Waals surface area contributed by atoms with Crippen LogP contribution >= 0.6 is 24.0 Å². The molecule has 4 rings (SSSR count). The van der Waals surface area contributed by atoms with E-state index in [2.05, 4.69) is 45.5 Å². The van der Waals surface area contributed by atoms with Gasteiger partial charge in [0.25, 0.3) is 0 Å². The molecule has 27 heavy (non-hydrogen) atoms. The van der Waals surface area contributed by atoms with Gasteiger partial charge >= 0.3 is 0 Å². The molecular formula is C21H32IN3O2. The lowest BCUT2D eigenvalue weighted by Crippen LogP contribution is -2.54. The lowest BCUT2D eigenvalue weighted by atomic mass is 9.96. The summed E-state index contributed by atoms with van der Waals surface area (Å²) in [6.45, 7) is 4.39. The summed E-state index contributed by atoms with van der Waals surface area (Å²) >= 11 is 0. The van der Waals surface area contributed by atoms with Crippen LogP contribution in [0, 0.1) is 5.41 Å². The van der Waals surface area contributed by atoms with Crippen LogP contribution in [0.25, 0.3) is 0 Å². The monoisotopic (exact) mass is 485 g/mol. The summed E-state index contributed by atoms with van der Waals surface area (Å²) in [4.78, 5) is 6.89. The number of benzene rings is 1. The first-order chi connectivity index (χ1) is 12.8. The van der Waals surface area contributed by atoms with Gasteiger partial charge in [0.1, 0.15) is 6.10 Å². The van der Waals surface area contributed by atoms with Crippen molar-refractivity contribution in [3.63, 3.8) is 0 Å². The SMILES string of the molecule is CN=C(NCC1(Cc2ccccc2)CC1)N1CCOC(C2CCCO2)C1.I. The van der Waals surface area contributed by atoms with Crippen molar-refractivity contribution in [3.05, 3.63) is 35.9 Å². The Morgan fingerprint density at radius 1 is 1.19 bits per heavy atom. The largest absolute Gasteiger partial charge is 0.375 e. The minimum atomic E-state index is 0. The van der Waals surface area contributed by atoms with Gasteiger partial charge in [-0.05, 0) is 43.1 Å². The molecule has 6 heteroatoms. The Balaban J connectivity index is 0.00000210. The molecule has 0 aromatic heterocycles. The molecule has 2 saturated heterocycles. The molecule has 1 aromatic rings. The number of rotatable bonds is 5. The topological polar surface area (TPSA) is 46.1 Å². The summed E-state index contributed by atoms with van der Waals surface area (Å²) in [7, 11) is 1.88. The fourth-order valence-electron chi connectivity index (χ4n) is 4.21. The molecule has 1 aromatic carbocycles. The van der Waals surface area contributed by atoms with Crippen LogP contribution in [0.4, 0.5) is 0 Å². The van der Waals surface area contributed by atoms with E-state index in [1.807, 2.05) is 7.05 Å². The number of hydrogen-bond donors (Lipinski definition) is 1. The van der Waals surface area contributed by atoms with Gasteiger partial charge in [-0.1, -0.05) is 30.3 Å². The summed E-state index contributed by atoms with van der Waals surface area (Å²) in [6, 6.07) is 10.8. The molecule has 2 heterocycles. The van der Waals surface area contributed by atoms with Gasteiger partial charge in [0.05, 0.1) is 12.7 Å². The van der Waals surface area contributed by atoms with Crippen molar-refractivity contribution in [2.24, 2.45) is 10.4 Å². The summed E-state index contributed by atoms with van der Waals surface area (Å²) < 4.78 is 11.8. The lowest BCUT2D eigenvalue weighted by molar-refractivity contribution is -0.0817. The van der Waals surface area contributed by atoms with E-state index >= 15 is 0 Å². The molecule has 2 unspecified atom stereocenters. The van der Waals surface area contributed by atoms with Crippen LogP contribution in [-0.4, -0.2) is 63.0 Å².